The number of non-ortho nitro benzene ring substituents is 1. The van der Waals surface area contributed by atoms with Crippen LogP contribution in [0.2, 0.25) is 0 Å². The summed E-state index contributed by atoms with van der Waals surface area (Å²) in [6, 6.07) is 5.07. The third-order valence-electron chi connectivity index (χ3n) is 4.73. The second kappa shape index (κ2) is 27.7. The second-order valence-corrected chi connectivity index (χ2v) is 7.84. The number of rotatable bonds is 29. The van der Waals surface area contributed by atoms with Crippen LogP contribution in [-0.4, -0.2) is 137 Å². The molecule has 0 saturated heterocycles. The van der Waals surface area contributed by atoms with Crippen LogP contribution in [0.15, 0.2) is 24.3 Å². The molecule has 0 bridgehead atoms. The Morgan fingerprint density at radius 3 is 1.20 bits per heavy atom. The van der Waals surface area contributed by atoms with E-state index in [1.54, 1.807) is 7.11 Å². The monoisotopic (exact) mass is 593 g/mol. The Balaban J connectivity index is 1.72. The zero-order valence-electron chi connectivity index (χ0n) is 23.7. The summed E-state index contributed by atoms with van der Waals surface area (Å²) in [6.45, 7) is 7.80. The maximum atomic E-state index is 11.6. The summed E-state index contributed by atoms with van der Waals surface area (Å²) in [5, 5.41) is 10.6. The van der Waals surface area contributed by atoms with Crippen molar-refractivity contribution in [2.45, 2.75) is 0 Å². The molecule has 236 valence electrons. The zero-order valence-corrected chi connectivity index (χ0v) is 23.7. The molecule has 0 fully saturated rings. The maximum Gasteiger partial charge on any atom is 0.513 e. The number of carbonyl (C=O) groups is 1. The second-order valence-electron chi connectivity index (χ2n) is 7.84. The number of benzene rings is 1. The summed E-state index contributed by atoms with van der Waals surface area (Å²) >= 11 is 0. The van der Waals surface area contributed by atoms with Crippen LogP contribution in [-0.2, 0) is 47.4 Å². The molecule has 1 aromatic rings. The highest BCUT2D eigenvalue weighted by atomic mass is 16.7. The third kappa shape index (κ3) is 23.9. The number of nitrogens with zero attached hydrogens (tertiary/aromatic N) is 1. The predicted octanol–water partition coefficient (Wildman–Crippen LogP) is 1.89. The van der Waals surface area contributed by atoms with Gasteiger partial charge >= 0.3 is 6.16 Å². The Hall–Kier alpha value is -2.47. The fourth-order valence-corrected chi connectivity index (χ4v) is 2.73. The number of ether oxygens (including phenoxy) is 11. The average molecular weight is 594 g/mol. The van der Waals surface area contributed by atoms with Crippen LogP contribution in [0.1, 0.15) is 0 Å². The number of nitro benzene ring substituents is 1. The third-order valence-corrected chi connectivity index (χ3v) is 4.73. The van der Waals surface area contributed by atoms with Crippen LogP contribution in [0.25, 0.3) is 0 Å². The average Bonchev–Trinajstić information content (AvgIpc) is 2.97. The van der Waals surface area contributed by atoms with Gasteiger partial charge < -0.3 is 52.1 Å². The molecule has 0 amide bonds. The Morgan fingerprint density at radius 2 is 0.878 bits per heavy atom. The standard InChI is InChI=1S/C26H43NO14/c1-31-6-7-32-8-9-33-10-11-34-12-13-35-14-15-36-16-17-37-18-19-38-20-21-39-22-23-40-26(28)41-25-4-2-24(3-5-25)27(29)30/h2-5H,6-23H2,1H3. The molecule has 1 aromatic carbocycles. The van der Waals surface area contributed by atoms with Crippen LogP contribution in [0.3, 0.4) is 0 Å². The SMILES string of the molecule is COCCOCCOCCOCCOCCOCCOCCOCCOCCOC(=O)Oc1ccc([N+](=O)[O-])cc1. The smallest absolute Gasteiger partial charge is 0.432 e. The van der Waals surface area contributed by atoms with E-state index < -0.39 is 11.1 Å². The van der Waals surface area contributed by atoms with Gasteiger partial charge in [-0.3, -0.25) is 10.1 Å². The molecule has 0 aromatic heterocycles. The molecule has 0 aliphatic rings. The molecule has 41 heavy (non-hydrogen) atoms. The van der Waals surface area contributed by atoms with Gasteiger partial charge in [-0.1, -0.05) is 0 Å². The summed E-state index contributed by atoms with van der Waals surface area (Å²) in [7, 11) is 1.63. The van der Waals surface area contributed by atoms with Crippen LogP contribution < -0.4 is 4.74 Å². The molecule has 0 spiro atoms. The highest BCUT2D eigenvalue weighted by molar-refractivity contribution is 5.63. The van der Waals surface area contributed by atoms with E-state index in [0.29, 0.717) is 106 Å². The number of hydrogen-bond donors (Lipinski definition) is 0. The molecule has 1 rings (SSSR count). The van der Waals surface area contributed by atoms with Crippen molar-refractivity contribution in [1.29, 1.82) is 0 Å². The van der Waals surface area contributed by atoms with E-state index in [0.717, 1.165) is 0 Å². The van der Waals surface area contributed by atoms with E-state index in [1.807, 2.05) is 0 Å². The maximum absolute atomic E-state index is 11.6. The minimum Gasteiger partial charge on any atom is -0.432 e. The summed E-state index contributed by atoms with van der Waals surface area (Å²) in [5.74, 6) is 0.143. The van der Waals surface area contributed by atoms with Gasteiger partial charge in [0.2, 0.25) is 0 Å². The Kier molecular flexibility index (Phi) is 24.7. The molecule has 15 nitrogen and oxygen atoms in total. The summed E-state index contributed by atoms with van der Waals surface area (Å²) in [5.41, 5.74) is -0.104. The largest absolute Gasteiger partial charge is 0.513 e. The molecule has 0 saturated carbocycles. The van der Waals surface area contributed by atoms with Crippen LogP contribution in [0.4, 0.5) is 10.5 Å². The first-order valence-electron chi connectivity index (χ1n) is 13.3. The zero-order chi connectivity index (χ0) is 29.6. The van der Waals surface area contributed by atoms with E-state index in [9.17, 15) is 14.9 Å². The highest BCUT2D eigenvalue weighted by Crippen LogP contribution is 2.17. The molecule has 0 aliphatic heterocycles. The van der Waals surface area contributed by atoms with Crippen molar-refractivity contribution in [1.82, 2.24) is 0 Å². The van der Waals surface area contributed by atoms with Crippen LogP contribution >= 0.6 is 0 Å². The highest BCUT2D eigenvalue weighted by Gasteiger charge is 2.09. The molecule has 0 radical (unpaired) electrons. The van der Waals surface area contributed by atoms with Gasteiger partial charge in [0.05, 0.1) is 117 Å². The summed E-state index contributed by atoms with van der Waals surface area (Å²) in [4.78, 5) is 21.6. The van der Waals surface area contributed by atoms with Crippen LogP contribution in [0, 0.1) is 10.1 Å². The Morgan fingerprint density at radius 1 is 0.561 bits per heavy atom. The van der Waals surface area contributed by atoms with E-state index in [4.69, 9.17) is 52.1 Å². The number of carbonyl (C=O) groups excluding carboxylic acids is 1. The van der Waals surface area contributed by atoms with Crippen molar-refractivity contribution < 1.29 is 61.8 Å². The molecule has 0 aliphatic carbocycles. The lowest BCUT2D eigenvalue weighted by molar-refractivity contribution is -0.384. The van der Waals surface area contributed by atoms with E-state index >= 15 is 0 Å². The molecular weight excluding hydrogens is 550 g/mol. The quantitative estimate of drug-likeness (QED) is 0.0435. The topological polar surface area (TPSA) is 162 Å². The predicted molar refractivity (Wildman–Crippen MR) is 144 cm³/mol. The minimum atomic E-state index is -0.924. The fraction of sp³-hybridized carbons (Fsp3) is 0.731. The van der Waals surface area contributed by atoms with Gasteiger partial charge in [0.25, 0.3) is 5.69 Å². The van der Waals surface area contributed by atoms with Gasteiger partial charge in [0.15, 0.2) is 0 Å². The fourth-order valence-electron chi connectivity index (χ4n) is 2.73. The van der Waals surface area contributed by atoms with Crippen molar-refractivity contribution in [3.8, 4) is 5.75 Å². The molecule has 0 heterocycles. The first-order valence-corrected chi connectivity index (χ1v) is 13.3. The summed E-state index contributed by atoms with van der Waals surface area (Å²) in [6.07, 6.45) is -0.924. The van der Waals surface area contributed by atoms with Gasteiger partial charge in [0.1, 0.15) is 12.4 Å². The van der Waals surface area contributed by atoms with E-state index in [2.05, 4.69) is 0 Å². The lowest BCUT2D eigenvalue weighted by Gasteiger charge is -2.09. The molecule has 15 heteroatoms. The van der Waals surface area contributed by atoms with Gasteiger partial charge in [-0.25, -0.2) is 4.79 Å². The van der Waals surface area contributed by atoms with E-state index in [1.165, 1.54) is 24.3 Å². The van der Waals surface area contributed by atoms with Gasteiger partial charge in [-0.15, -0.1) is 0 Å². The Bertz CT molecular complexity index is 752. The van der Waals surface area contributed by atoms with Crippen molar-refractivity contribution in [3.05, 3.63) is 34.4 Å². The molecular formula is C26H43NO14. The van der Waals surface area contributed by atoms with Crippen molar-refractivity contribution in [2.24, 2.45) is 0 Å². The van der Waals surface area contributed by atoms with Crippen molar-refractivity contribution in [2.75, 3.05) is 126 Å². The number of methoxy groups -OCH3 is 1. The number of hydrogen-bond acceptors (Lipinski definition) is 14. The molecule has 0 N–H and O–H groups in total. The van der Waals surface area contributed by atoms with Crippen molar-refractivity contribution in [3.63, 3.8) is 0 Å². The van der Waals surface area contributed by atoms with Gasteiger partial charge in [0, 0.05) is 19.2 Å². The lowest BCUT2D eigenvalue weighted by Crippen LogP contribution is -2.16. The Labute approximate surface area is 240 Å². The molecule has 0 atom stereocenters. The van der Waals surface area contributed by atoms with Crippen molar-refractivity contribution >= 4 is 11.8 Å². The van der Waals surface area contributed by atoms with E-state index in [-0.39, 0.29) is 24.7 Å². The minimum absolute atomic E-state index is 0.00371. The first-order chi connectivity index (χ1) is 20.1. The molecule has 0 unspecified atom stereocenters. The van der Waals surface area contributed by atoms with Gasteiger partial charge in [-0.05, 0) is 12.1 Å². The normalized spacial score (nSPS) is 11.0. The van der Waals surface area contributed by atoms with Crippen LogP contribution in [0.5, 0.6) is 5.75 Å². The van der Waals surface area contributed by atoms with Gasteiger partial charge in [-0.2, -0.15) is 0 Å². The first kappa shape index (κ1) is 36.6. The lowest BCUT2D eigenvalue weighted by atomic mass is 10.3. The summed E-state index contributed by atoms with van der Waals surface area (Å²) < 4.78 is 57.6. The number of nitro groups is 1.